The maximum absolute atomic E-state index is 12.7. The van der Waals surface area contributed by atoms with Crippen LogP contribution in [-0.2, 0) is 16.6 Å². The van der Waals surface area contributed by atoms with E-state index in [1.54, 1.807) is 12.1 Å². The van der Waals surface area contributed by atoms with Crippen LogP contribution in [0, 0.1) is 0 Å². The topological polar surface area (TPSA) is 76.3 Å². The molecule has 0 fully saturated rings. The second-order valence-electron chi connectivity index (χ2n) is 4.62. The highest BCUT2D eigenvalue weighted by molar-refractivity contribution is 7.89. The number of aromatic nitrogens is 1. The molecular weight excluding hydrogens is 294 g/mol. The fraction of sp³-hybridized carbons (Fsp3) is 0.308. The van der Waals surface area contributed by atoms with Gasteiger partial charge in [-0.1, -0.05) is 6.07 Å². The number of pyridine rings is 1. The Labute approximate surface area is 123 Å². The van der Waals surface area contributed by atoms with Gasteiger partial charge >= 0.3 is 0 Å². The van der Waals surface area contributed by atoms with Gasteiger partial charge in [0.15, 0.2) is 5.03 Å². The zero-order valence-electron chi connectivity index (χ0n) is 11.4. The Hall–Kier alpha value is -1.44. The van der Waals surface area contributed by atoms with Crippen LogP contribution in [0.3, 0.4) is 0 Å². The van der Waals surface area contributed by atoms with Crippen molar-refractivity contribution in [2.75, 3.05) is 5.73 Å². The third-order valence-corrected chi connectivity index (χ3v) is 5.68. The number of hydrogen-bond donors (Lipinski definition) is 1. The highest BCUT2D eigenvalue weighted by Crippen LogP contribution is 2.24. The predicted octanol–water partition coefficient (Wildman–Crippen LogP) is 2.32. The minimum atomic E-state index is -3.70. The minimum Gasteiger partial charge on any atom is -0.396 e. The molecular formula is C13H17N3O2S2. The van der Waals surface area contributed by atoms with Crippen LogP contribution < -0.4 is 5.73 Å². The summed E-state index contributed by atoms with van der Waals surface area (Å²) in [5.74, 6) is 0. The number of nitrogen functional groups attached to an aromatic ring is 1. The standard InChI is InChI=1S/C13H17N3O2S2/c1-10(2)16(9-11-5-4-8-19-11)20(17,18)13-12(14)6-3-7-15-13/h3-8,10H,9,14H2,1-2H3. The van der Waals surface area contributed by atoms with E-state index in [2.05, 4.69) is 4.98 Å². The molecule has 2 aromatic rings. The molecule has 20 heavy (non-hydrogen) atoms. The van der Waals surface area contributed by atoms with Crippen LogP contribution in [0.25, 0.3) is 0 Å². The SMILES string of the molecule is CC(C)N(Cc1cccs1)S(=O)(=O)c1ncccc1N. The average molecular weight is 311 g/mol. The molecule has 0 unspecified atom stereocenters. The smallest absolute Gasteiger partial charge is 0.263 e. The number of anilines is 1. The van der Waals surface area contributed by atoms with Crippen molar-refractivity contribution < 1.29 is 8.42 Å². The molecule has 0 spiro atoms. The Kier molecular flexibility index (Phi) is 4.42. The van der Waals surface area contributed by atoms with E-state index in [0.29, 0.717) is 6.54 Å². The molecule has 0 aromatic carbocycles. The molecule has 2 heterocycles. The molecule has 5 nitrogen and oxygen atoms in total. The number of nitrogens with two attached hydrogens (primary N) is 1. The van der Waals surface area contributed by atoms with Crippen molar-refractivity contribution in [3.05, 3.63) is 40.7 Å². The summed E-state index contributed by atoms with van der Waals surface area (Å²) in [7, 11) is -3.70. The van der Waals surface area contributed by atoms with Gasteiger partial charge in [0.1, 0.15) is 0 Å². The van der Waals surface area contributed by atoms with E-state index in [0.717, 1.165) is 4.88 Å². The van der Waals surface area contributed by atoms with E-state index in [-0.39, 0.29) is 16.8 Å². The van der Waals surface area contributed by atoms with E-state index >= 15 is 0 Å². The lowest BCUT2D eigenvalue weighted by Gasteiger charge is -2.25. The first-order chi connectivity index (χ1) is 9.43. The van der Waals surface area contributed by atoms with E-state index in [9.17, 15) is 8.42 Å². The Morgan fingerprint density at radius 3 is 2.65 bits per heavy atom. The zero-order valence-corrected chi connectivity index (χ0v) is 13.0. The summed E-state index contributed by atoms with van der Waals surface area (Å²) in [5.41, 5.74) is 5.92. The third-order valence-electron chi connectivity index (χ3n) is 2.82. The number of thiophene rings is 1. The molecule has 2 N–H and O–H groups in total. The molecule has 0 amide bonds. The first-order valence-electron chi connectivity index (χ1n) is 6.17. The highest BCUT2D eigenvalue weighted by Gasteiger charge is 2.30. The van der Waals surface area contributed by atoms with Gasteiger partial charge in [-0.15, -0.1) is 11.3 Å². The molecule has 0 atom stereocenters. The van der Waals surface area contributed by atoms with Crippen LogP contribution in [0.4, 0.5) is 5.69 Å². The monoisotopic (exact) mass is 311 g/mol. The van der Waals surface area contributed by atoms with Crippen molar-refractivity contribution >= 4 is 27.0 Å². The van der Waals surface area contributed by atoms with Crippen LogP contribution >= 0.6 is 11.3 Å². The number of sulfonamides is 1. The Bertz CT molecular complexity index is 667. The van der Waals surface area contributed by atoms with Crippen LogP contribution in [0.15, 0.2) is 40.9 Å². The first-order valence-corrected chi connectivity index (χ1v) is 8.49. The van der Waals surface area contributed by atoms with Gasteiger partial charge in [-0.3, -0.25) is 0 Å². The van der Waals surface area contributed by atoms with Crippen LogP contribution in [0.5, 0.6) is 0 Å². The minimum absolute atomic E-state index is 0.0785. The van der Waals surface area contributed by atoms with Gasteiger partial charge in [0.05, 0.1) is 5.69 Å². The van der Waals surface area contributed by atoms with E-state index in [4.69, 9.17) is 5.73 Å². The normalized spacial score (nSPS) is 12.2. The predicted molar refractivity (Wildman–Crippen MR) is 80.8 cm³/mol. The number of rotatable bonds is 5. The van der Waals surface area contributed by atoms with Gasteiger partial charge in [0.2, 0.25) is 0 Å². The van der Waals surface area contributed by atoms with E-state index in [1.807, 2.05) is 31.4 Å². The molecule has 2 rings (SSSR count). The first kappa shape index (κ1) is 15.0. The average Bonchev–Trinajstić information content (AvgIpc) is 2.88. The Morgan fingerprint density at radius 2 is 2.10 bits per heavy atom. The third kappa shape index (κ3) is 3.00. The fourth-order valence-electron chi connectivity index (χ4n) is 1.83. The van der Waals surface area contributed by atoms with Gasteiger partial charge in [-0.05, 0) is 37.4 Å². The summed E-state index contributed by atoms with van der Waals surface area (Å²) in [6.07, 6.45) is 1.44. The van der Waals surface area contributed by atoms with Crippen molar-refractivity contribution in [2.24, 2.45) is 0 Å². The highest BCUT2D eigenvalue weighted by atomic mass is 32.2. The second kappa shape index (κ2) is 5.90. The van der Waals surface area contributed by atoms with Crippen molar-refractivity contribution in [1.82, 2.24) is 9.29 Å². The summed E-state index contributed by atoms with van der Waals surface area (Å²) >= 11 is 1.53. The molecule has 0 aliphatic carbocycles. The molecule has 0 saturated carbocycles. The maximum Gasteiger partial charge on any atom is 0.263 e. The number of hydrogen-bond acceptors (Lipinski definition) is 5. The number of nitrogens with zero attached hydrogens (tertiary/aromatic N) is 2. The van der Waals surface area contributed by atoms with Gasteiger partial charge in [0, 0.05) is 23.7 Å². The molecule has 0 bridgehead atoms. The maximum atomic E-state index is 12.7. The Morgan fingerprint density at radius 1 is 1.35 bits per heavy atom. The van der Waals surface area contributed by atoms with Gasteiger partial charge in [0.25, 0.3) is 10.0 Å². The van der Waals surface area contributed by atoms with E-state index < -0.39 is 10.0 Å². The van der Waals surface area contributed by atoms with Crippen LogP contribution in [0.1, 0.15) is 18.7 Å². The second-order valence-corrected chi connectivity index (χ2v) is 7.46. The fourth-order valence-corrected chi connectivity index (χ4v) is 4.26. The summed E-state index contributed by atoms with van der Waals surface area (Å²) in [4.78, 5) is 4.91. The molecule has 0 aliphatic heterocycles. The summed E-state index contributed by atoms with van der Waals surface area (Å²) < 4.78 is 26.8. The lowest BCUT2D eigenvalue weighted by atomic mass is 10.4. The summed E-state index contributed by atoms with van der Waals surface area (Å²) in [6.45, 7) is 4.00. The molecule has 0 saturated heterocycles. The van der Waals surface area contributed by atoms with Crippen LogP contribution in [0.2, 0.25) is 0 Å². The Balaban J connectivity index is 2.40. The quantitative estimate of drug-likeness (QED) is 0.919. The lowest BCUT2D eigenvalue weighted by Crippen LogP contribution is -2.37. The molecule has 108 valence electrons. The molecule has 7 heteroatoms. The van der Waals surface area contributed by atoms with Gasteiger partial charge < -0.3 is 5.73 Å². The van der Waals surface area contributed by atoms with E-state index in [1.165, 1.54) is 21.8 Å². The largest absolute Gasteiger partial charge is 0.396 e. The van der Waals surface area contributed by atoms with Crippen molar-refractivity contribution in [1.29, 1.82) is 0 Å². The van der Waals surface area contributed by atoms with Crippen molar-refractivity contribution in [3.63, 3.8) is 0 Å². The molecule has 0 aliphatic rings. The summed E-state index contributed by atoms with van der Waals surface area (Å²) in [5, 5.41) is 1.85. The van der Waals surface area contributed by atoms with Crippen LogP contribution in [-0.4, -0.2) is 23.7 Å². The zero-order chi connectivity index (χ0) is 14.8. The summed E-state index contributed by atoms with van der Waals surface area (Å²) in [6, 6.07) is 6.80. The molecule has 2 aromatic heterocycles. The van der Waals surface area contributed by atoms with Gasteiger partial charge in [-0.25, -0.2) is 13.4 Å². The molecule has 0 radical (unpaired) electrons. The lowest BCUT2D eigenvalue weighted by molar-refractivity contribution is 0.349. The van der Waals surface area contributed by atoms with Crippen molar-refractivity contribution in [3.8, 4) is 0 Å². The van der Waals surface area contributed by atoms with Gasteiger partial charge in [-0.2, -0.15) is 4.31 Å². The van der Waals surface area contributed by atoms with Crippen molar-refractivity contribution in [2.45, 2.75) is 31.5 Å².